The summed E-state index contributed by atoms with van der Waals surface area (Å²) < 4.78 is 33.4. The number of nitrogens with one attached hydrogen (secondary N) is 1. The minimum atomic E-state index is -3.93. The van der Waals surface area contributed by atoms with Gasteiger partial charge in [-0.1, -0.05) is 66.7 Å². The molecule has 4 rings (SSSR count). The van der Waals surface area contributed by atoms with Crippen molar-refractivity contribution >= 4 is 27.3 Å². The lowest BCUT2D eigenvalue weighted by Gasteiger charge is -2.24. The highest BCUT2D eigenvalue weighted by Crippen LogP contribution is 2.24. The number of hydrogen-bond donors (Lipinski definition) is 1. The summed E-state index contributed by atoms with van der Waals surface area (Å²) in [4.78, 5) is 12.9. The second kappa shape index (κ2) is 10.7. The molecule has 0 aliphatic heterocycles. The summed E-state index contributed by atoms with van der Waals surface area (Å²) in [7, 11) is -3.93. The molecule has 4 aromatic carbocycles. The molecule has 0 aliphatic rings. The number of sulfonamides is 1. The Morgan fingerprint density at radius 3 is 1.91 bits per heavy atom. The number of para-hydroxylation sites is 1. The Bertz CT molecular complexity index is 1310. The van der Waals surface area contributed by atoms with Crippen molar-refractivity contribution in [2.45, 2.75) is 11.5 Å². The predicted octanol–water partition coefficient (Wildman–Crippen LogP) is 5.10. The van der Waals surface area contributed by atoms with Gasteiger partial charge < -0.3 is 10.1 Å². The molecule has 7 heteroatoms. The first-order chi connectivity index (χ1) is 16.5. The van der Waals surface area contributed by atoms with Crippen LogP contribution in [0, 0.1) is 0 Å². The van der Waals surface area contributed by atoms with Gasteiger partial charge in [0.05, 0.1) is 10.6 Å². The van der Waals surface area contributed by atoms with Gasteiger partial charge in [-0.15, -0.1) is 0 Å². The molecule has 0 unspecified atom stereocenters. The Labute approximate surface area is 199 Å². The zero-order chi connectivity index (χ0) is 23.8. The minimum Gasteiger partial charge on any atom is -0.489 e. The molecule has 0 aromatic heterocycles. The number of ether oxygens (including phenoxy) is 1. The Hall–Kier alpha value is -4.10. The normalized spacial score (nSPS) is 10.9. The van der Waals surface area contributed by atoms with Gasteiger partial charge in [0.25, 0.3) is 10.0 Å². The van der Waals surface area contributed by atoms with Crippen LogP contribution >= 0.6 is 0 Å². The molecule has 172 valence electrons. The Morgan fingerprint density at radius 1 is 0.735 bits per heavy atom. The second-order valence-electron chi connectivity index (χ2n) is 7.51. The van der Waals surface area contributed by atoms with Crippen molar-refractivity contribution in [3.63, 3.8) is 0 Å². The van der Waals surface area contributed by atoms with E-state index in [2.05, 4.69) is 5.32 Å². The third-order valence-corrected chi connectivity index (χ3v) is 6.84. The van der Waals surface area contributed by atoms with Crippen LogP contribution < -0.4 is 14.4 Å². The minimum absolute atomic E-state index is 0.117. The number of rotatable bonds is 9. The van der Waals surface area contributed by atoms with E-state index in [1.165, 1.54) is 12.1 Å². The smallest absolute Gasteiger partial charge is 0.264 e. The van der Waals surface area contributed by atoms with Gasteiger partial charge in [-0.3, -0.25) is 9.10 Å². The molecule has 1 amide bonds. The molecule has 34 heavy (non-hydrogen) atoms. The molecule has 0 heterocycles. The van der Waals surface area contributed by atoms with E-state index in [1.807, 2.05) is 30.3 Å². The fourth-order valence-corrected chi connectivity index (χ4v) is 4.78. The van der Waals surface area contributed by atoms with Crippen LogP contribution in [0.5, 0.6) is 5.75 Å². The van der Waals surface area contributed by atoms with E-state index in [0.29, 0.717) is 23.7 Å². The largest absolute Gasteiger partial charge is 0.489 e. The number of benzene rings is 4. The van der Waals surface area contributed by atoms with E-state index >= 15 is 0 Å². The SMILES string of the molecule is O=C(CN(c1ccccc1)S(=O)(=O)c1ccccc1)Nc1ccc(OCc2ccccc2)cc1. The molecule has 1 N–H and O–H groups in total. The molecule has 6 nitrogen and oxygen atoms in total. The average molecular weight is 473 g/mol. The van der Waals surface area contributed by atoms with Crippen molar-refractivity contribution in [2.75, 3.05) is 16.2 Å². The van der Waals surface area contributed by atoms with Gasteiger partial charge in [-0.2, -0.15) is 0 Å². The summed E-state index contributed by atoms with van der Waals surface area (Å²) in [6.45, 7) is 0.0728. The van der Waals surface area contributed by atoms with Crippen LogP contribution in [0.1, 0.15) is 5.56 Å². The van der Waals surface area contributed by atoms with E-state index in [9.17, 15) is 13.2 Å². The van der Waals surface area contributed by atoms with Gasteiger partial charge in [0, 0.05) is 5.69 Å². The summed E-state index contributed by atoms with van der Waals surface area (Å²) in [6.07, 6.45) is 0. The molecule has 0 aliphatic carbocycles. The number of nitrogens with zero attached hydrogens (tertiary/aromatic N) is 1. The molecule has 0 saturated heterocycles. The van der Waals surface area contributed by atoms with E-state index in [4.69, 9.17) is 4.74 Å². The Kier molecular flexibility index (Phi) is 7.25. The fraction of sp³-hybridized carbons (Fsp3) is 0.0741. The van der Waals surface area contributed by atoms with Crippen LogP contribution in [0.3, 0.4) is 0 Å². The number of carbonyl (C=O) groups is 1. The summed E-state index contributed by atoms with van der Waals surface area (Å²) >= 11 is 0. The topological polar surface area (TPSA) is 75.7 Å². The van der Waals surface area contributed by atoms with Crippen molar-refractivity contribution < 1.29 is 17.9 Å². The van der Waals surface area contributed by atoms with Crippen LogP contribution in [-0.2, 0) is 21.4 Å². The molecule has 0 fully saturated rings. The van der Waals surface area contributed by atoms with Gasteiger partial charge in [-0.25, -0.2) is 8.42 Å². The van der Waals surface area contributed by atoms with Crippen molar-refractivity contribution in [1.29, 1.82) is 0 Å². The lowest BCUT2D eigenvalue weighted by Crippen LogP contribution is -2.38. The van der Waals surface area contributed by atoms with Crippen molar-refractivity contribution in [3.8, 4) is 5.75 Å². The highest BCUT2D eigenvalue weighted by molar-refractivity contribution is 7.92. The van der Waals surface area contributed by atoms with Gasteiger partial charge in [0.2, 0.25) is 5.91 Å². The van der Waals surface area contributed by atoms with Crippen LogP contribution in [-0.4, -0.2) is 20.9 Å². The van der Waals surface area contributed by atoms with Gasteiger partial charge in [0.1, 0.15) is 18.9 Å². The first-order valence-electron chi connectivity index (χ1n) is 10.7. The highest BCUT2D eigenvalue weighted by atomic mass is 32.2. The Balaban J connectivity index is 1.45. The third-order valence-electron chi connectivity index (χ3n) is 5.05. The van der Waals surface area contributed by atoms with Gasteiger partial charge in [0.15, 0.2) is 0 Å². The van der Waals surface area contributed by atoms with E-state index in [-0.39, 0.29) is 11.4 Å². The van der Waals surface area contributed by atoms with Crippen LogP contribution in [0.4, 0.5) is 11.4 Å². The zero-order valence-electron chi connectivity index (χ0n) is 18.4. The zero-order valence-corrected chi connectivity index (χ0v) is 19.2. The molecular formula is C27H24N2O4S. The maximum absolute atomic E-state index is 13.3. The maximum atomic E-state index is 13.3. The van der Waals surface area contributed by atoms with Gasteiger partial charge in [-0.05, 0) is 54.1 Å². The maximum Gasteiger partial charge on any atom is 0.264 e. The fourth-order valence-electron chi connectivity index (χ4n) is 3.34. The molecule has 4 aromatic rings. The molecule has 0 atom stereocenters. The number of amides is 1. The van der Waals surface area contributed by atoms with Gasteiger partial charge >= 0.3 is 0 Å². The first kappa shape index (κ1) is 23.1. The van der Waals surface area contributed by atoms with Crippen molar-refractivity contribution in [3.05, 3.63) is 121 Å². The number of carbonyl (C=O) groups excluding carboxylic acids is 1. The molecule has 0 saturated carbocycles. The quantitative estimate of drug-likeness (QED) is 0.368. The van der Waals surface area contributed by atoms with Crippen molar-refractivity contribution in [2.24, 2.45) is 0 Å². The van der Waals surface area contributed by atoms with Crippen LogP contribution in [0.2, 0.25) is 0 Å². The van der Waals surface area contributed by atoms with Crippen LogP contribution in [0.15, 0.2) is 120 Å². The molecular weight excluding hydrogens is 448 g/mol. The second-order valence-corrected chi connectivity index (χ2v) is 9.37. The summed E-state index contributed by atoms with van der Waals surface area (Å²) in [5.41, 5.74) is 2.01. The standard InChI is InChI=1S/C27H24N2O4S/c30-27(28-23-16-18-25(19-17-23)33-21-22-10-4-1-5-11-22)20-29(24-12-6-2-7-13-24)34(31,32)26-14-8-3-9-15-26/h1-19H,20-21H2,(H,28,30). The lowest BCUT2D eigenvalue weighted by atomic mass is 10.2. The highest BCUT2D eigenvalue weighted by Gasteiger charge is 2.27. The third kappa shape index (κ3) is 5.82. The number of anilines is 2. The van der Waals surface area contributed by atoms with Crippen LogP contribution in [0.25, 0.3) is 0 Å². The predicted molar refractivity (Wildman–Crippen MR) is 133 cm³/mol. The first-order valence-corrected chi connectivity index (χ1v) is 12.2. The lowest BCUT2D eigenvalue weighted by molar-refractivity contribution is -0.114. The summed E-state index contributed by atoms with van der Waals surface area (Å²) in [5, 5.41) is 2.77. The molecule has 0 radical (unpaired) electrons. The average Bonchev–Trinajstić information content (AvgIpc) is 2.88. The molecule has 0 bridgehead atoms. The van der Waals surface area contributed by atoms with Crippen molar-refractivity contribution in [1.82, 2.24) is 0 Å². The Morgan fingerprint density at radius 2 is 1.29 bits per heavy atom. The summed E-state index contributed by atoms with van der Waals surface area (Å²) in [5.74, 6) is 0.209. The summed E-state index contributed by atoms with van der Waals surface area (Å²) in [6, 6.07) is 33.4. The monoisotopic (exact) mass is 472 g/mol. The molecule has 0 spiro atoms. The van der Waals surface area contributed by atoms with E-state index in [0.717, 1.165) is 9.87 Å². The number of hydrogen-bond acceptors (Lipinski definition) is 4. The van der Waals surface area contributed by atoms with E-state index < -0.39 is 15.9 Å². The van der Waals surface area contributed by atoms with E-state index in [1.54, 1.807) is 72.8 Å².